The predicted molar refractivity (Wildman–Crippen MR) is 94.6 cm³/mol. The van der Waals surface area contributed by atoms with Crippen molar-refractivity contribution in [1.82, 2.24) is 0 Å². The van der Waals surface area contributed by atoms with Crippen molar-refractivity contribution in [3.63, 3.8) is 0 Å². The number of non-ortho nitro benzene ring substituents is 1. The molecule has 2 rings (SSSR count). The van der Waals surface area contributed by atoms with Gasteiger partial charge in [-0.15, -0.1) is 0 Å². The summed E-state index contributed by atoms with van der Waals surface area (Å²) in [4.78, 5) is 28.4. The number of nitrogens with one attached hydrogen (secondary N) is 1. The van der Waals surface area contributed by atoms with E-state index in [1.807, 2.05) is 25.1 Å². The summed E-state index contributed by atoms with van der Waals surface area (Å²) in [6, 6.07) is 12.6. The van der Waals surface area contributed by atoms with E-state index in [1.165, 1.54) is 12.1 Å². The number of rotatable bonds is 4. The van der Waals surface area contributed by atoms with Crippen molar-refractivity contribution < 1.29 is 24.7 Å². The smallest absolute Gasteiger partial charge is 0.414 e. The average molecular weight is 411 g/mol. The Labute approximate surface area is 151 Å². The molecule has 0 amide bonds. The lowest BCUT2D eigenvalue weighted by Crippen LogP contribution is -2.09. The number of hydrogen-bond acceptors (Lipinski definition) is 5. The summed E-state index contributed by atoms with van der Waals surface area (Å²) in [7, 11) is 0. The second-order valence-corrected chi connectivity index (χ2v) is 5.76. The van der Waals surface area contributed by atoms with Crippen LogP contribution in [0.4, 0.5) is 11.4 Å². The van der Waals surface area contributed by atoms with Crippen molar-refractivity contribution in [2.45, 2.75) is 13.5 Å². The number of nitrogens with zero attached hydrogens (tertiary/aromatic N) is 1. The van der Waals surface area contributed by atoms with E-state index in [2.05, 4.69) is 21.2 Å². The van der Waals surface area contributed by atoms with Gasteiger partial charge >= 0.3 is 11.9 Å². The standard InChI is InChI=1S/C14H13BrN2O2.C2H2O4/c1-10-8-12(15)4-7-14(10)16-9-11-2-5-13(6-3-11)17(18)19;3-1(4)2(5)6/h2-8,16H,9H2,1H3;(H,3,4)(H,5,6). The number of nitro groups is 1. The molecule has 0 saturated heterocycles. The molecule has 0 saturated carbocycles. The van der Waals surface area contributed by atoms with E-state index in [0.29, 0.717) is 6.54 Å². The van der Waals surface area contributed by atoms with Gasteiger partial charge < -0.3 is 15.5 Å². The van der Waals surface area contributed by atoms with Crippen molar-refractivity contribution >= 4 is 39.2 Å². The monoisotopic (exact) mass is 410 g/mol. The molecule has 132 valence electrons. The molecule has 0 atom stereocenters. The van der Waals surface area contributed by atoms with Crippen LogP contribution in [0.5, 0.6) is 0 Å². The van der Waals surface area contributed by atoms with Gasteiger partial charge in [0.15, 0.2) is 0 Å². The molecule has 25 heavy (non-hydrogen) atoms. The first-order valence-corrected chi connectivity index (χ1v) is 7.69. The quantitative estimate of drug-likeness (QED) is 0.399. The van der Waals surface area contributed by atoms with Gasteiger partial charge in [0.2, 0.25) is 0 Å². The molecule has 0 aliphatic carbocycles. The molecule has 0 aliphatic rings. The van der Waals surface area contributed by atoms with Gasteiger partial charge in [-0.2, -0.15) is 0 Å². The van der Waals surface area contributed by atoms with E-state index >= 15 is 0 Å². The molecule has 0 heterocycles. The summed E-state index contributed by atoms with van der Waals surface area (Å²) in [5, 5.41) is 28.7. The minimum Gasteiger partial charge on any atom is -0.473 e. The van der Waals surface area contributed by atoms with Crippen LogP contribution in [0.15, 0.2) is 46.9 Å². The second-order valence-electron chi connectivity index (χ2n) is 4.85. The van der Waals surface area contributed by atoms with Crippen molar-refractivity contribution in [2.75, 3.05) is 5.32 Å². The third-order valence-corrected chi connectivity index (χ3v) is 3.49. The Morgan fingerprint density at radius 3 is 2.12 bits per heavy atom. The minimum atomic E-state index is -1.82. The first-order chi connectivity index (χ1) is 11.7. The minimum absolute atomic E-state index is 0.114. The van der Waals surface area contributed by atoms with E-state index < -0.39 is 16.9 Å². The molecular formula is C16H15BrN2O6. The van der Waals surface area contributed by atoms with Crippen LogP contribution in [0.25, 0.3) is 0 Å². The van der Waals surface area contributed by atoms with Crippen molar-refractivity contribution in [3.05, 3.63) is 68.2 Å². The van der Waals surface area contributed by atoms with E-state index in [0.717, 1.165) is 21.3 Å². The molecule has 3 N–H and O–H groups in total. The zero-order valence-electron chi connectivity index (χ0n) is 13.1. The number of nitro benzene ring substituents is 1. The van der Waals surface area contributed by atoms with E-state index in [-0.39, 0.29) is 5.69 Å². The molecule has 0 fully saturated rings. The highest BCUT2D eigenvalue weighted by atomic mass is 79.9. The molecule has 0 bridgehead atoms. The molecule has 9 heteroatoms. The fourth-order valence-corrected chi connectivity index (χ4v) is 2.23. The number of benzene rings is 2. The first-order valence-electron chi connectivity index (χ1n) is 6.90. The summed E-state index contributed by atoms with van der Waals surface area (Å²) >= 11 is 3.42. The number of carboxylic acids is 2. The number of carboxylic acid groups (broad SMARTS) is 2. The van der Waals surface area contributed by atoms with Crippen molar-refractivity contribution in [1.29, 1.82) is 0 Å². The highest BCUT2D eigenvalue weighted by molar-refractivity contribution is 9.10. The van der Waals surface area contributed by atoms with Crippen molar-refractivity contribution in [2.24, 2.45) is 0 Å². The molecule has 0 aromatic heterocycles. The van der Waals surface area contributed by atoms with E-state index in [9.17, 15) is 10.1 Å². The number of carbonyl (C=O) groups is 2. The lowest BCUT2D eigenvalue weighted by Gasteiger charge is -2.09. The molecule has 0 aliphatic heterocycles. The Morgan fingerprint density at radius 1 is 1.12 bits per heavy atom. The lowest BCUT2D eigenvalue weighted by atomic mass is 10.1. The summed E-state index contributed by atoms with van der Waals surface area (Å²) in [6.45, 7) is 2.67. The van der Waals surface area contributed by atoms with Gasteiger partial charge in [-0.3, -0.25) is 10.1 Å². The average Bonchev–Trinajstić information content (AvgIpc) is 2.55. The molecule has 0 radical (unpaired) electrons. The predicted octanol–water partition coefficient (Wildman–Crippen LogP) is 3.43. The Morgan fingerprint density at radius 2 is 1.68 bits per heavy atom. The van der Waals surface area contributed by atoms with Crippen LogP contribution in [0.3, 0.4) is 0 Å². The Bertz CT molecular complexity index is 765. The number of aliphatic carboxylic acids is 2. The largest absolute Gasteiger partial charge is 0.473 e. The Hall–Kier alpha value is -2.94. The summed E-state index contributed by atoms with van der Waals surface area (Å²) in [6.07, 6.45) is 0. The number of anilines is 1. The second kappa shape index (κ2) is 9.38. The topological polar surface area (TPSA) is 130 Å². The highest BCUT2D eigenvalue weighted by Crippen LogP contribution is 2.21. The normalized spacial score (nSPS) is 9.52. The summed E-state index contributed by atoms with van der Waals surface area (Å²) in [5.41, 5.74) is 3.33. The van der Waals surface area contributed by atoms with Gasteiger partial charge in [0.1, 0.15) is 0 Å². The molecule has 2 aromatic carbocycles. The zero-order valence-corrected chi connectivity index (χ0v) is 14.7. The van der Waals surface area contributed by atoms with Crippen LogP contribution in [0.1, 0.15) is 11.1 Å². The van der Waals surface area contributed by atoms with Gasteiger partial charge in [0, 0.05) is 28.8 Å². The van der Waals surface area contributed by atoms with Gasteiger partial charge in [-0.05, 0) is 36.2 Å². The van der Waals surface area contributed by atoms with Gasteiger partial charge in [-0.1, -0.05) is 28.1 Å². The lowest BCUT2D eigenvalue weighted by molar-refractivity contribution is -0.384. The van der Waals surface area contributed by atoms with Crippen LogP contribution < -0.4 is 5.32 Å². The third-order valence-electron chi connectivity index (χ3n) is 3.00. The Balaban J connectivity index is 0.000000450. The zero-order chi connectivity index (χ0) is 19.0. The number of halogens is 1. The molecule has 0 unspecified atom stereocenters. The first kappa shape index (κ1) is 20.1. The molecular weight excluding hydrogens is 396 g/mol. The maximum Gasteiger partial charge on any atom is 0.414 e. The van der Waals surface area contributed by atoms with Gasteiger partial charge in [-0.25, -0.2) is 9.59 Å². The maximum atomic E-state index is 10.6. The van der Waals surface area contributed by atoms with Crippen LogP contribution in [-0.4, -0.2) is 27.1 Å². The molecule has 0 spiro atoms. The highest BCUT2D eigenvalue weighted by Gasteiger charge is 2.05. The van der Waals surface area contributed by atoms with Crippen molar-refractivity contribution in [3.8, 4) is 0 Å². The fourth-order valence-electron chi connectivity index (χ4n) is 1.76. The van der Waals surface area contributed by atoms with Crippen LogP contribution >= 0.6 is 15.9 Å². The fraction of sp³-hybridized carbons (Fsp3) is 0.125. The van der Waals surface area contributed by atoms with E-state index in [1.54, 1.807) is 12.1 Å². The van der Waals surface area contributed by atoms with E-state index in [4.69, 9.17) is 19.8 Å². The third kappa shape index (κ3) is 7.00. The summed E-state index contributed by atoms with van der Waals surface area (Å²) < 4.78 is 1.05. The van der Waals surface area contributed by atoms with Gasteiger partial charge in [0.05, 0.1) is 4.92 Å². The number of hydrogen-bond donors (Lipinski definition) is 3. The molecule has 8 nitrogen and oxygen atoms in total. The Kier molecular flexibility index (Phi) is 7.54. The SMILES string of the molecule is Cc1cc(Br)ccc1NCc1ccc([N+](=O)[O-])cc1.O=C(O)C(=O)O. The van der Waals surface area contributed by atoms with Crippen LogP contribution in [0, 0.1) is 17.0 Å². The van der Waals surface area contributed by atoms with Crippen LogP contribution in [-0.2, 0) is 16.1 Å². The molecule has 2 aromatic rings. The van der Waals surface area contributed by atoms with Crippen LogP contribution in [0.2, 0.25) is 0 Å². The summed E-state index contributed by atoms with van der Waals surface area (Å²) in [5.74, 6) is -3.65. The maximum absolute atomic E-state index is 10.6. The van der Waals surface area contributed by atoms with Gasteiger partial charge in [0.25, 0.3) is 5.69 Å². The number of aryl methyl sites for hydroxylation is 1.